The Morgan fingerprint density at radius 3 is 2.50 bits per heavy atom. The Hall–Kier alpha value is -1.52. The van der Waals surface area contributed by atoms with E-state index in [9.17, 15) is 13.2 Å². The molecule has 0 fully saturated rings. The highest BCUT2D eigenvalue weighted by Gasteiger charge is 2.29. The van der Waals surface area contributed by atoms with Crippen LogP contribution < -0.4 is 4.90 Å². The van der Waals surface area contributed by atoms with Gasteiger partial charge in [-0.2, -0.15) is 8.42 Å². The van der Waals surface area contributed by atoms with Gasteiger partial charge in [0.1, 0.15) is 11.4 Å². The number of rotatable bonds is 2. The molecule has 0 bridgehead atoms. The van der Waals surface area contributed by atoms with Gasteiger partial charge in [0.15, 0.2) is 5.82 Å². The molecule has 0 saturated heterocycles. The summed E-state index contributed by atoms with van der Waals surface area (Å²) < 4.78 is 28.4. The first-order valence-corrected chi connectivity index (χ1v) is 10.6. The summed E-state index contributed by atoms with van der Waals surface area (Å²) in [6, 6.07) is 3.38. The fourth-order valence-corrected chi connectivity index (χ4v) is 3.57. The standard InChI is InChI=1S/C14H16BrN3O4S2/c1-9-10(15)5-6-11(17-9)18(13(19)22-14(2,3)4)12-7-23(8-16-12)24(20)21/h5-8H,1-4H3. The van der Waals surface area contributed by atoms with E-state index < -0.39 is 30.4 Å². The highest BCUT2D eigenvalue weighted by molar-refractivity contribution is 9.10. The van der Waals surface area contributed by atoms with Crippen LogP contribution in [0.2, 0.25) is 0 Å². The Morgan fingerprint density at radius 2 is 2.00 bits per heavy atom. The van der Waals surface area contributed by atoms with E-state index in [2.05, 4.69) is 25.9 Å². The van der Waals surface area contributed by atoms with Gasteiger partial charge in [-0.1, -0.05) is 0 Å². The second kappa shape index (κ2) is 7.16. The lowest BCUT2D eigenvalue weighted by molar-refractivity contribution is 0.0591. The summed E-state index contributed by atoms with van der Waals surface area (Å²) in [5, 5.41) is 1.39. The van der Waals surface area contributed by atoms with Gasteiger partial charge >= 0.3 is 6.09 Å². The Bertz CT molecular complexity index is 878. The smallest absolute Gasteiger partial charge is 0.421 e. The molecule has 1 aliphatic heterocycles. The molecule has 130 valence electrons. The number of anilines is 1. The molecule has 7 nitrogen and oxygen atoms in total. The number of carbonyl (C=O) groups excluding carboxylic acids is 1. The first-order valence-electron chi connectivity index (χ1n) is 6.82. The molecule has 2 heterocycles. The molecule has 0 spiro atoms. The number of aromatic nitrogens is 1. The summed E-state index contributed by atoms with van der Waals surface area (Å²) in [5.41, 5.74) is 1.24. The Morgan fingerprint density at radius 1 is 1.33 bits per heavy atom. The van der Waals surface area contributed by atoms with Crippen molar-refractivity contribution < 1.29 is 17.9 Å². The SMILES string of the molecule is Cc1nc(N(C(=O)OC(C)(C)C)C2=CS(=S(=O)=O)C=N2)ccc1Br. The topological polar surface area (TPSA) is 88.9 Å². The van der Waals surface area contributed by atoms with Crippen molar-refractivity contribution in [2.45, 2.75) is 33.3 Å². The second-order valence-electron chi connectivity index (χ2n) is 5.80. The van der Waals surface area contributed by atoms with Gasteiger partial charge in [0, 0.05) is 19.3 Å². The minimum atomic E-state index is -2.33. The quantitative estimate of drug-likeness (QED) is 0.714. The number of hydrogen-bond acceptors (Lipinski definition) is 6. The van der Waals surface area contributed by atoms with Gasteiger partial charge in [0.05, 0.1) is 11.2 Å². The van der Waals surface area contributed by atoms with Crippen LogP contribution in [0.3, 0.4) is 0 Å². The van der Waals surface area contributed by atoms with Crippen LogP contribution >= 0.6 is 15.9 Å². The highest BCUT2D eigenvalue weighted by Crippen LogP contribution is 2.26. The van der Waals surface area contributed by atoms with Crippen molar-refractivity contribution in [3.05, 3.63) is 33.5 Å². The average molecular weight is 434 g/mol. The highest BCUT2D eigenvalue weighted by atomic mass is 79.9. The molecule has 0 radical (unpaired) electrons. The second-order valence-corrected chi connectivity index (χ2v) is 10.1. The number of amides is 1. The van der Waals surface area contributed by atoms with Crippen molar-refractivity contribution in [2.75, 3.05) is 4.90 Å². The summed E-state index contributed by atoms with van der Waals surface area (Å²) in [5.74, 6) is 0.474. The van der Waals surface area contributed by atoms with Crippen LogP contribution in [0.5, 0.6) is 0 Å². The van der Waals surface area contributed by atoms with Crippen LogP contribution in [-0.4, -0.2) is 30.6 Å². The number of pyridine rings is 1. The maximum atomic E-state index is 12.6. The first-order chi connectivity index (χ1) is 11.1. The number of nitrogens with zero attached hydrogens (tertiary/aromatic N) is 3. The van der Waals surface area contributed by atoms with Crippen LogP contribution in [0.15, 0.2) is 32.8 Å². The maximum absolute atomic E-state index is 12.6. The van der Waals surface area contributed by atoms with E-state index in [1.165, 1.54) is 15.9 Å². The number of aliphatic imine (C=N–C) groups is 1. The van der Waals surface area contributed by atoms with Crippen molar-refractivity contribution in [3.63, 3.8) is 0 Å². The molecule has 0 N–H and O–H groups in total. The molecule has 1 atom stereocenters. The van der Waals surface area contributed by atoms with Gasteiger partial charge in [-0.15, -0.1) is 0 Å². The van der Waals surface area contributed by atoms with Gasteiger partial charge in [-0.25, -0.2) is 19.7 Å². The van der Waals surface area contributed by atoms with Gasteiger partial charge in [-0.05, 0) is 55.8 Å². The van der Waals surface area contributed by atoms with Crippen LogP contribution in [0.1, 0.15) is 26.5 Å². The minimum absolute atomic E-state index is 0.172. The molecule has 1 aromatic heterocycles. The number of ether oxygens (including phenoxy) is 1. The van der Waals surface area contributed by atoms with E-state index in [4.69, 9.17) is 4.74 Å². The molecule has 0 aliphatic carbocycles. The number of aryl methyl sites for hydroxylation is 1. The van der Waals surface area contributed by atoms with Crippen LogP contribution in [0, 0.1) is 6.92 Å². The van der Waals surface area contributed by atoms with Crippen molar-refractivity contribution in [3.8, 4) is 0 Å². The molecule has 0 saturated carbocycles. The average Bonchev–Trinajstić information content (AvgIpc) is 2.90. The minimum Gasteiger partial charge on any atom is -0.443 e. The fraction of sp³-hybridized carbons (Fsp3) is 0.357. The molecular formula is C14H16BrN3O4S2. The number of hydrogen-bond donors (Lipinski definition) is 0. The number of halogens is 1. The zero-order valence-corrected chi connectivity index (χ0v) is 16.7. The summed E-state index contributed by atoms with van der Waals surface area (Å²) >= 11 is 3.35. The van der Waals surface area contributed by atoms with Gasteiger partial charge in [-0.3, -0.25) is 0 Å². The lowest BCUT2D eigenvalue weighted by Crippen LogP contribution is -2.36. The fourth-order valence-electron chi connectivity index (χ4n) is 1.72. The van der Waals surface area contributed by atoms with Crippen LogP contribution in [-0.2, 0) is 23.5 Å². The molecule has 1 aliphatic rings. The summed E-state index contributed by atoms with van der Waals surface area (Å²) in [6.07, 6.45) is -0.678. The third-order valence-electron chi connectivity index (χ3n) is 2.71. The van der Waals surface area contributed by atoms with Crippen molar-refractivity contribution in [1.29, 1.82) is 0 Å². The lowest BCUT2D eigenvalue weighted by Gasteiger charge is -2.26. The molecular weight excluding hydrogens is 418 g/mol. The van der Waals surface area contributed by atoms with E-state index in [-0.39, 0.29) is 5.82 Å². The molecule has 1 unspecified atom stereocenters. The van der Waals surface area contributed by atoms with Crippen molar-refractivity contribution >= 4 is 52.1 Å². The van der Waals surface area contributed by atoms with Crippen LogP contribution in [0.25, 0.3) is 0 Å². The predicted molar refractivity (Wildman–Crippen MR) is 98.2 cm³/mol. The molecule has 0 aromatic carbocycles. The van der Waals surface area contributed by atoms with Gasteiger partial charge in [0.2, 0.25) is 9.26 Å². The predicted octanol–water partition coefficient (Wildman–Crippen LogP) is 3.15. The van der Waals surface area contributed by atoms with Crippen molar-refractivity contribution in [1.82, 2.24) is 4.98 Å². The Kier molecular flexibility index (Phi) is 5.61. The van der Waals surface area contributed by atoms with Crippen LogP contribution in [0.4, 0.5) is 10.6 Å². The largest absolute Gasteiger partial charge is 0.443 e. The normalized spacial score (nSPS) is 16.7. The molecule has 1 aromatic rings. The lowest BCUT2D eigenvalue weighted by atomic mass is 10.2. The van der Waals surface area contributed by atoms with E-state index in [0.29, 0.717) is 11.5 Å². The van der Waals surface area contributed by atoms with E-state index in [1.54, 1.807) is 39.8 Å². The summed E-state index contributed by atoms with van der Waals surface area (Å²) in [6.45, 7) is 7.01. The monoisotopic (exact) mass is 433 g/mol. The molecule has 1 amide bonds. The number of carbonyl (C=O) groups is 1. The Balaban J connectivity index is 2.52. The molecule has 24 heavy (non-hydrogen) atoms. The molecule has 10 heteroatoms. The zero-order valence-electron chi connectivity index (χ0n) is 13.5. The van der Waals surface area contributed by atoms with E-state index in [1.807, 2.05) is 0 Å². The molecule has 2 rings (SSSR count). The zero-order chi connectivity index (χ0) is 18.1. The third-order valence-corrected chi connectivity index (χ3v) is 6.11. The summed E-state index contributed by atoms with van der Waals surface area (Å²) in [4.78, 5) is 22.2. The van der Waals surface area contributed by atoms with E-state index in [0.717, 1.165) is 4.47 Å². The third kappa shape index (κ3) is 4.52. The Labute approximate surface area is 151 Å². The van der Waals surface area contributed by atoms with E-state index >= 15 is 0 Å². The maximum Gasteiger partial charge on any atom is 0.421 e. The van der Waals surface area contributed by atoms with Gasteiger partial charge in [0.25, 0.3) is 0 Å². The summed E-state index contributed by atoms with van der Waals surface area (Å²) in [7, 11) is -3.51. The van der Waals surface area contributed by atoms with Crippen molar-refractivity contribution in [2.24, 2.45) is 4.99 Å². The first kappa shape index (κ1) is 18.8. The van der Waals surface area contributed by atoms with Gasteiger partial charge < -0.3 is 4.74 Å².